The van der Waals surface area contributed by atoms with Gasteiger partial charge in [0.15, 0.2) is 6.10 Å². The third kappa shape index (κ3) is 4.53. The van der Waals surface area contributed by atoms with Gasteiger partial charge in [0.1, 0.15) is 10.8 Å². The lowest BCUT2D eigenvalue weighted by Crippen LogP contribution is -2.30. The third-order valence-electron chi connectivity index (χ3n) is 3.45. The van der Waals surface area contributed by atoms with Crippen LogP contribution in [0.4, 0.5) is 10.1 Å². The number of benzene rings is 1. The molecule has 3 rings (SSSR count). The molecule has 134 valence electrons. The molecule has 1 N–H and O–H groups in total. The predicted molar refractivity (Wildman–Crippen MR) is 99.7 cm³/mol. The molecule has 0 aliphatic heterocycles. The smallest absolute Gasteiger partial charge is 0.312 e. The van der Waals surface area contributed by atoms with E-state index >= 15 is 0 Å². The van der Waals surface area contributed by atoms with Gasteiger partial charge < -0.3 is 10.1 Å². The molecule has 26 heavy (non-hydrogen) atoms. The summed E-state index contributed by atoms with van der Waals surface area (Å²) in [6, 6.07) is 7.75. The molecule has 0 saturated carbocycles. The van der Waals surface area contributed by atoms with Gasteiger partial charge in [-0.05, 0) is 30.5 Å². The van der Waals surface area contributed by atoms with Gasteiger partial charge in [0.2, 0.25) is 0 Å². The molecule has 5 nitrogen and oxygen atoms in total. The lowest BCUT2D eigenvalue weighted by atomic mass is 10.3. The second-order valence-electron chi connectivity index (χ2n) is 5.43. The normalized spacial score (nSPS) is 11.8. The zero-order valence-corrected chi connectivity index (χ0v) is 15.4. The van der Waals surface area contributed by atoms with Crippen molar-refractivity contribution in [2.45, 2.75) is 19.4 Å². The van der Waals surface area contributed by atoms with Gasteiger partial charge in [-0.2, -0.15) is 11.3 Å². The highest BCUT2D eigenvalue weighted by Crippen LogP contribution is 2.26. The van der Waals surface area contributed by atoms with Crippen LogP contribution in [-0.4, -0.2) is 23.0 Å². The molecule has 0 spiro atoms. The number of hydrogen-bond donors (Lipinski definition) is 1. The number of para-hydroxylation sites is 1. The first kappa shape index (κ1) is 18.2. The van der Waals surface area contributed by atoms with Crippen LogP contribution in [0, 0.1) is 5.82 Å². The largest absolute Gasteiger partial charge is 0.452 e. The Hall–Kier alpha value is -2.58. The van der Waals surface area contributed by atoms with Crippen LogP contribution in [0.3, 0.4) is 0 Å². The molecule has 1 aromatic carbocycles. The highest BCUT2D eigenvalue weighted by Gasteiger charge is 2.20. The molecule has 0 fully saturated rings. The van der Waals surface area contributed by atoms with Crippen molar-refractivity contribution >= 4 is 40.2 Å². The molecule has 1 atom stereocenters. The summed E-state index contributed by atoms with van der Waals surface area (Å²) in [5.74, 6) is -1.72. The summed E-state index contributed by atoms with van der Waals surface area (Å²) in [6.07, 6.45) is -1.07. The van der Waals surface area contributed by atoms with Crippen molar-refractivity contribution in [3.05, 3.63) is 58.0 Å². The Morgan fingerprint density at radius 1 is 1.27 bits per heavy atom. The molecule has 2 aromatic heterocycles. The van der Waals surface area contributed by atoms with Crippen LogP contribution in [0.2, 0.25) is 0 Å². The molecule has 0 unspecified atom stereocenters. The lowest BCUT2D eigenvalue weighted by molar-refractivity contribution is -0.152. The van der Waals surface area contributed by atoms with Crippen LogP contribution >= 0.6 is 22.7 Å². The number of hydrogen-bond acceptors (Lipinski definition) is 6. The average molecular weight is 390 g/mol. The van der Waals surface area contributed by atoms with E-state index in [9.17, 15) is 14.0 Å². The fourth-order valence-electron chi connectivity index (χ4n) is 2.14. The van der Waals surface area contributed by atoms with E-state index in [1.807, 2.05) is 16.8 Å². The van der Waals surface area contributed by atoms with E-state index in [0.29, 0.717) is 5.69 Å². The summed E-state index contributed by atoms with van der Waals surface area (Å²) in [7, 11) is 0. The number of thiazole rings is 1. The third-order valence-corrected chi connectivity index (χ3v) is 5.08. The SMILES string of the molecule is C[C@H](OC(=O)Cc1csc(-c2ccsc2)n1)C(=O)Nc1ccccc1F. The Balaban J connectivity index is 1.54. The maximum Gasteiger partial charge on any atom is 0.312 e. The van der Waals surface area contributed by atoms with Crippen LogP contribution in [0.1, 0.15) is 12.6 Å². The predicted octanol–water partition coefficient (Wildman–Crippen LogP) is 4.12. The zero-order chi connectivity index (χ0) is 18.5. The number of ether oxygens (including phenoxy) is 1. The monoisotopic (exact) mass is 390 g/mol. The molecule has 2 heterocycles. The van der Waals surface area contributed by atoms with E-state index in [0.717, 1.165) is 10.6 Å². The quantitative estimate of drug-likeness (QED) is 0.643. The first-order chi connectivity index (χ1) is 12.5. The highest BCUT2D eigenvalue weighted by atomic mass is 32.1. The van der Waals surface area contributed by atoms with Crippen molar-refractivity contribution in [1.29, 1.82) is 0 Å². The van der Waals surface area contributed by atoms with Crippen LogP contribution in [-0.2, 0) is 20.7 Å². The molecule has 0 saturated heterocycles. The summed E-state index contributed by atoms with van der Waals surface area (Å²) < 4.78 is 18.7. The zero-order valence-electron chi connectivity index (χ0n) is 13.8. The number of rotatable bonds is 6. The summed E-state index contributed by atoms with van der Waals surface area (Å²) >= 11 is 3.02. The van der Waals surface area contributed by atoms with Crippen LogP contribution in [0.25, 0.3) is 10.6 Å². The number of aromatic nitrogens is 1. The van der Waals surface area contributed by atoms with Gasteiger partial charge in [-0.15, -0.1) is 11.3 Å². The van der Waals surface area contributed by atoms with Gasteiger partial charge in [-0.3, -0.25) is 9.59 Å². The van der Waals surface area contributed by atoms with E-state index in [1.54, 1.807) is 22.8 Å². The van der Waals surface area contributed by atoms with Gasteiger partial charge >= 0.3 is 5.97 Å². The van der Waals surface area contributed by atoms with E-state index < -0.39 is 23.8 Å². The molecular formula is C18H15FN2O3S2. The first-order valence-corrected chi connectivity index (χ1v) is 9.57. The molecule has 0 bridgehead atoms. The second-order valence-corrected chi connectivity index (χ2v) is 7.07. The minimum absolute atomic E-state index is 0.0298. The van der Waals surface area contributed by atoms with Gasteiger partial charge in [0, 0.05) is 16.3 Å². The Labute approximate surface area is 157 Å². The Bertz CT molecular complexity index is 909. The average Bonchev–Trinajstić information content (AvgIpc) is 3.28. The number of thiophene rings is 1. The number of carbonyl (C=O) groups is 2. The minimum atomic E-state index is -1.04. The fourth-order valence-corrected chi connectivity index (χ4v) is 3.68. The number of nitrogens with one attached hydrogen (secondary N) is 1. The Morgan fingerprint density at radius 2 is 2.08 bits per heavy atom. The fraction of sp³-hybridized carbons (Fsp3) is 0.167. The van der Waals surface area contributed by atoms with Crippen molar-refractivity contribution in [2.24, 2.45) is 0 Å². The molecule has 3 aromatic rings. The van der Waals surface area contributed by atoms with Crippen molar-refractivity contribution < 1.29 is 18.7 Å². The van der Waals surface area contributed by atoms with Gasteiger partial charge in [0.05, 0.1) is 17.8 Å². The van der Waals surface area contributed by atoms with Gasteiger partial charge in [-0.1, -0.05) is 12.1 Å². The van der Waals surface area contributed by atoms with Gasteiger partial charge in [-0.25, -0.2) is 9.37 Å². The number of amides is 1. The number of anilines is 1. The van der Waals surface area contributed by atoms with Crippen molar-refractivity contribution in [3.63, 3.8) is 0 Å². The van der Waals surface area contributed by atoms with Gasteiger partial charge in [0.25, 0.3) is 5.91 Å². The summed E-state index contributed by atoms with van der Waals surface area (Å²) in [5.41, 5.74) is 1.64. The Kier molecular flexibility index (Phi) is 5.75. The maximum absolute atomic E-state index is 13.6. The number of carbonyl (C=O) groups excluding carboxylic acids is 2. The molecule has 0 aliphatic rings. The molecule has 0 radical (unpaired) electrons. The highest BCUT2D eigenvalue weighted by molar-refractivity contribution is 7.14. The molecular weight excluding hydrogens is 375 g/mol. The molecule has 8 heteroatoms. The van der Waals surface area contributed by atoms with Crippen LogP contribution < -0.4 is 5.32 Å². The second kappa shape index (κ2) is 8.20. The maximum atomic E-state index is 13.6. The molecule has 1 amide bonds. The lowest BCUT2D eigenvalue weighted by Gasteiger charge is -2.13. The van der Waals surface area contributed by atoms with Crippen LogP contribution in [0.5, 0.6) is 0 Å². The van der Waals surface area contributed by atoms with E-state index in [-0.39, 0.29) is 12.1 Å². The summed E-state index contributed by atoms with van der Waals surface area (Å²) in [4.78, 5) is 28.5. The van der Waals surface area contributed by atoms with Crippen molar-refractivity contribution in [3.8, 4) is 10.6 Å². The van der Waals surface area contributed by atoms with E-state index in [2.05, 4.69) is 10.3 Å². The standard InChI is InChI=1S/C18H15FN2O3S2/c1-11(17(23)21-15-5-3-2-4-14(15)19)24-16(22)8-13-10-26-18(20-13)12-6-7-25-9-12/h2-7,9-11H,8H2,1H3,(H,21,23)/t11-/m0/s1. The number of esters is 1. The van der Waals surface area contributed by atoms with Crippen molar-refractivity contribution in [2.75, 3.05) is 5.32 Å². The topological polar surface area (TPSA) is 68.3 Å². The van der Waals surface area contributed by atoms with Crippen molar-refractivity contribution in [1.82, 2.24) is 4.98 Å². The van der Waals surface area contributed by atoms with E-state index in [1.165, 1.54) is 36.5 Å². The summed E-state index contributed by atoms with van der Waals surface area (Å²) in [6.45, 7) is 1.44. The minimum Gasteiger partial charge on any atom is -0.452 e. The molecule has 0 aliphatic carbocycles. The first-order valence-electron chi connectivity index (χ1n) is 7.75. The van der Waals surface area contributed by atoms with Crippen LogP contribution in [0.15, 0.2) is 46.5 Å². The van der Waals surface area contributed by atoms with E-state index in [4.69, 9.17) is 4.74 Å². The number of nitrogens with zero attached hydrogens (tertiary/aromatic N) is 1. The number of halogens is 1. The Morgan fingerprint density at radius 3 is 2.81 bits per heavy atom. The summed E-state index contributed by atoms with van der Waals surface area (Å²) in [5, 5.41) is 8.96.